The monoisotopic (exact) mass is 331 g/mol. The first-order chi connectivity index (χ1) is 10.9. The van der Waals surface area contributed by atoms with Gasteiger partial charge in [-0.05, 0) is 27.2 Å². The van der Waals surface area contributed by atoms with E-state index in [0.29, 0.717) is 13.2 Å². The van der Waals surface area contributed by atoms with E-state index in [2.05, 4.69) is 12.2 Å². The fourth-order valence-corrected chi connectivity index (χ4v) is 2.18. The van der Waals surface area contributed by atoms with Gasteiger partial charge in [-0.15, -0.1) is 0 Å². The van der Waals surface area contributed by atoms with Crippen LogP contribution in [0.5, 0.6) is 0 Å². The average Bonchev–Trinajstić information content (AvgIpc) is 2.46. The fourth-order valence-electron chi connectivity index (χ4n) is 2.18. The Kier molecular flexibility index (Phi) is 13.1. The lowest BCUT2D eigenvalue weighted by atomic mass is 10.1. The van der Waals surface area contributed by atoms with Gasteiger partial charge in [0, 0.05) is 6.61 Å². The van der Waals surface area contributed by atoms with Crippen molar-refractivity contribution in [1.82, 2.24) is 5.32 Å². The molecule has 1 unspecified atom stereocenters. The molecule has 0 saturated heterocycles. The molecule has 138 valence electrons. The number of ether oxygens (including phenoxy) is 2. The molecule has 23 heavy (non-hydrogen) atoms. The van der Waals surface area contributed by atoms with E-state index in [0.717, 1.165) is 6.42 Å². The Hall–Kier alpha value is -0.810. The molecule has 5 heteroatoms. The van der Waals surface area contributed by atoms with Gasteiger partial charge in [-0.3, -0.25) is 0 Å². The largest absolute Gasteiger partial charge is 0.444 e. The summed E-state index contributed by atoms with van der Waals surface area (Å²) in [5.41, 5.74) is -0.540. The molecule has 0 aromatic carbocycles. The molecule has 0 aliphatic heterocycles. The Labute approximate surface area is 142 Å². The van der Waals surface area contributed by atoms with Crippen molar-refractivity contribution in [2.24, 2.45) is 0 Å². The summed E-state index contributed by atoms with van der Waals surface area (Å²) in [6, 6.07) is -0.418. The Bertz CT molecular complexity index is 289. The third kappa shape index (κ3) is 15.8. The number of carbonyl (C=O) groups is 1. The van der Waals surface area contributed by atoms with Gasteiger partial charge in [0.1, 0.15) is 5.60 Å². The first-order valence-corrected chi connectivity index (χ1v) is 9.07. The van der Waals surface area contributed by atoms with E-state index in [1.165, 1.54) is 44.9 Å². The Morgan fingerprint density at radius 2 is 1.61 bits per heavy atom. The van der Waals surface area contributed by atoms with Crippen molar-refractivity contribution in [2.75, 3.05) is 19.8 Å². The Morgan fingerprint density at radius 3 is 2.13 bits per heavy atom. The molecular weight excluding hydrogens is 294 g/mol. The number of carbonyl (C=O) groups excluding carboxylic acids is 1. The normalized spacial score (nSPS) is 12.9. The Balaban J connectivity index is 3.55. The minimum atomic E-state index is -0.540. The predicted octanol–water partition coefficient (Wildman–Crippen LogP) is 4.03. The van der Waals surface area contributed by atoms with Gasteiger partial charge in [0.15, 0.2) is 0 Å². The average molecular weight is 331 g/mol. The van der Waals surface area contributed by atoms with Crippen molar-refractivity contribution >= 4 is 6.09 Å². The molecule has 0 aromatic rings. The van der Waals surface area contributed by atoms with Crippen LogP contribution >= 0.6 is 0 Å². The first-order valence-electron chi connectivity index (χ1n) is 9.07. The van der Waals surface area contributed by atoms with Crippen LogP contribution in [0.15, 0.2) is 0 Å². The number of amides is 1. The van der Waals surface area contributed by atoms with Gasteiger partial charge in [-0.25, -0.2) is 4.79 Å². The molecule has 0 heterocycles. The number of aliphatic hydroxyl groups is 1. The number of hydrogen-bond donors (Lipinski definition) is 2. The molecule has 0 radical (unpaired) electrons. The maximum absolute atomic E-state index is 11.6. The highest BCUT2D eigenvalue weighted by Crippen LogP contribution is 2.09. The summed E-state index contributed by atoms with van der Waals surface area (Å²) in [6.07, 6.45) is 9.56. The second-order valence-electron chi connectivity index (χ2n) is 7.08. The first kappa shape index (κ1) is 22.2. The van der Waals surface area contributed by atoms with E-state index < -0.39 is 17.7 Å². The third-order valence-electron chi connectivity index (χ3n) is 3.40. The molecule has 0 spiro atoms. The Morgan fingerprint density at radius 1 is 1.04 bits per heavy atom. The number of aliphatic hydroxyl groups excluding tert-OH is 1. The van der Waals surface area contributed by atoms with E-state index in [1.54, 1.807) is 20.8 Å². The highest BCUT2D eigenvalue weighted by Gasteiger charge is 2.19. The second kappa shape index (κ2) is 13.6. The van der Waals surface area contributed by atoms with Crippen LogP contribution in [0.4, 0.5) is 4.79 Å². The summed E-state index contributed by atoms with van der Waals surface area (Å²) in [4.78, 5) is 11.6. The molecular formula is C18H37NO4. The molecule has 0 saturated carbocycles. The summed E-state index contributed by atoms with van der Waals surface area (Å²) in [5, 5.41) is 11.9. The van der Waals surface area contributed by atoms with E-state index in [-0.39, 0.29) is 6.61 Å². The molecule has 0 rings (SSSR count). The van der Waals surface area contributed by atoms with Crippen molar-refractivity contribution in [3.05, 3.63) is 0 Å². The lowest BCUT2D eigenvalue weighted by Crippen LogP contribution is -2.43. The van der Waals surface area contributed by atoms with Gasteiger partial charge >= 0.3 is 6.09 Å². The predicted molar refractivity (Wildman–Crippen MR) is 93.7 cm³/mol. The van der Waals surface area contributed by atoms with Crippen LogP contribution in [-0.4, -0.2) is 42.7 Å². The van der Waals surface area contributed by atoms with E-state index in [4.69, 9.17) is 9.47 Å². The van der Waals surface area contributed by atoms with Gasteiger partial charge in [-0.1, -0.05) is 51.9 Å². The van der Waals surface area contributed by atoms with E-state index >= 15 is 0 Å². The lowest BCUT2D eigenvalue weighted by Gasteiger charge is -2.22. The number of unbranched alkanes of at least 4 members (excludes halogenated alkanes) is 7. The van der Waals surface area contributed by atoms with Crippen molar-refractivity contribution in [1.29, 1.82) is 0 Å². The highest BCUT2D eigenvalue weighted by atomic mass is 16.6. The van der Waals surface area contributed by atoms with Gasteiger partial charge in [-0.2, -0.15) is 0 Å². The van der Waals surface area contributed by atoms with Gasteiger partial charge in [0.2, 0.25) is 0 Å². The van der Waals surface area contributed by atoms with Gasteiger partial charge in [0.25, 0.3) is 0 Å². The second-order valence-corrected chi connectivity index (χ2v) is 7.08. The zero-order chi connectivity index (χ0) is 17.6. The summed E-state index contributed by atoms with van der Waals surface area (Å²) < 4.78 is 10.7. The lowest BCUT2D eigenvalue weighted by molar-refractivity contribution is 0.0383. The van der Waals surface area contributed by atoms with Crippen LogP contribution in [0, 0.1) is 0 Å². The van der Waals surface area contributed by atoms with E-state index in [9.17, 15) is 9.90 Å². The van der Waals surface area contributed by atoms with E-state index in [1.807, 2.05) is 0 Å². The highest BCUT2D eigenvalue weighted by molar-refractivity contribution is 5.68. The van der Waals surface area contributed by atoms with Crippen LogP contribution in [-0.2, 0) is 9.47 Å². The SMILES string of the molecule is CCCCCCCCCCOCC(CO)NC(=O)OC(C)(C)C. The number of rotatable bonds is 13. The van der Waals surface area contributed by atoms with Crippen LogP contribution in [0.2, 0.25) is 0 Å². The zero-order valence-electron chi connectivity index (χ0n) is 15.5. The van der Waals surface area contributed by atoms with Crippen molar-refractivity contribution in [3.63, 3.8) is 0 Å². The van der Waals surface area contributed by atoms with Crippen molar-refractivity contribution in [2.45, 2.75) is 90.7 Å². The molecule has 1 atom stereocenters. The van der Waals surface area contributed by atoms with Gasteiger partial charge in [0.05, 0.1) is 19.3 Å². The molecule has 0 bridgehead atoms. The fraction of sp³-hybridized carbons (Fsp3) is 0.944. The molecule has 0 aliphatic carbocycles. The summed E-state index contributed by atoms with van der Waals surface area (Å²) >= 11 is 0. The minimum Gasteiger partial charge on any atom is -0.444 e. The molecule has 1 amide bonds. The zero-order valence-corrected chi connectivity index (χ0v) is 15.5. The smallest absolute Gasteiger partial charge is 0.408 e. The third-order valence-corrected chi connectivity index (χ3v) is 3.40. The van der Waals surface area contributed by atoms with Crippen LogP contribution in [0.25, 0.3) is 0 Å². The molecule has 0 aromatic heterocycles. The van der Waals surface area contributed by atoms with Gasteiger partial charge < -0.3 is 19.9 Å². The molecule has 5 nitrogen and oxygen atoms in total. The maximum atomic E-state index is 11.6. The number of alkyl carbamates (subject to hydrolysis) is 1. The molecule has 2 N–H and O–H groups in total. The van der Waals surface area contributed by atoms with Crippen LogP contribution in [0.3, 0.4) is 0 Å². The standard InChI is InChI=1S/C18H37NO4/c1-5-6-7-8-9-10-11-12-13-22-15-16(14-20)19-17(21)23-18(2,3)4/h16,20H,5-15H2,1-4H3,(H,19,21). The van der Waals surface area contributed by atoms with Crippen LogP contribution in [0.1, 0.15) is 79.1 Å². The maximum Gasteiger partial charge on any atom is 0.408 e. The quantitative estimate of drug-likeness (QED) is 0.500. The van der Waals surface area contributed by atoms with Crippen LogP contribution < -0.4 is 5.32 Å². The summed E-state index contributed by atoms with van der Waals surface area (Å²) in [6.45, 7) is 8.47. The molecule has 0 fully saturated rings. The van der Waals surface area contributed by atoms with Crippen molar-refractivity contribution in [3.8, 4) is 0 Å². The van der Waals surface area contributed by atoms with Crippen molar-refractivity contribution < 1.29 is 19.4 Å². The number of hydrogen-bond acceptors (Lipinski definition) is 4. The topological polar surface area (TPSA) is 67.8 Å². The summed E-state index contributed by atoms with van der Waals surface area (Å²) in [7, 11) is 0. The summed E-state index contributed by atoms with van der Waals surface area (Å²) in [5.74, 6) is 0. The molecule has 0 aliphatic rings. The minimum absolute atomic E-state index is 0.156. The number of nitrogens with one attached hydrogen (secondary N) is 1.